The number of guanidine groups is 1. The summed E-state index contributed by atoms with van der Waals surface area (Å²) >= 11 is 0. The lowest BCUT2D eigenvalue weighted by atomic mass is 10.2. The van der Waals surface area contributed by atoms with Gasteiger partial charge in [0, 0.05) is 20.2 Å². The van der Waals surface area contributed by atoms with E-state index in [1.165, 1.54) is 0 Å². The van der Waals surface area contributed by atoms with Crippen molar-refractivity contribution in [1.29, 1.82) is 5.41 Å². The molecular formula is C7H15N3O. The normalized spacial score (nSPS) is 23.5. The smallest absolute Gasteiger partial charge is 0.188 e. The third-order valence-electron chi connectivity index (χ3n) is 1.91. The Bertz CT molecular complexity index is 143. The highest BCUT2D eigenvalue weighted by Crippen LogP contribution is 2.12. The van der Waals surface area contributed by atoms with E-state index >= 15 is 0 Å². The van der Waals surface area contributed by atoms with Crippen LogP contribution in [0.2, 0.25) is 0 Å². The second-order valence-corrected chi connectivity index (χ2v) is 2.90. The molecule has 4 nitrogen and oxygen atoms in total. The summed E-state index contributed by atoms with van der Waals surface area (Å²) in [5.74, 6) is 0.112. The van der Waals surface area contributed by atoms with Crippen LogP contribution in [0.5, 0.6) is 0 Å². The van der Waals surface area contributed by atoms with E-state index in [1.807, 2.05) is 7.05 Å². The second kappa shape index (κ2) is 3.57. The van der Waals surface area contributed by atoms with Crippen LogP contribution in [0.15, 0.2) is 0 Å². The first-order valence-corrected chi connectivity index (χ1v) is 3.87. The highest BCUT2D eigenvalue weighted by molar-refractivity contribution is 5.74. The maximum Gasteiger partial charge on any atom is 0.188 e. The van der Waals surface area contributed by atoms with Gasteiger partial charge in [0.1, 0.15) is 0 Å². The van der Waals surface area contributed by atoms with Crippen LogP contribution in [0, 0.1) is 5.41 Å². The molecule has 0 spiro atoms. The van der Waals surface area contributed by atoms with Crippen LogP contribution >= 0.6 is 0 Å². The van der Waals surface area contributed by atoms with Crippen molar-refractivity contribution < 1.29 is 4.74 Å². The Kier molecular flexibility index (Phi) is 2.70. The van der Waals surface area contributed by atoms with Gasteiger partial charge in [-0.3, -0.25) is 5.41 Å². The maximum atomic E-state index is 7.11. The molecule has 1 atom stereocenters. The quantitative estimate of drug-likeness (QED) is 0.438. The summed E-state index contributed by atoms with van der Waals surface area (Å²) < 4.78 is 5.38. The lowest BCUT2D eigenvalue weighted by Crippen LogP contribution is -2.38. The van der Waals surface area contributed by atoms with Gasteiger partial charge in [0.25, 0.3) is 0 Å². The molecule has 0 saturated carbocycles. The SMILES string of the molecule is CN(C[C@H]1CCCO1)C(=N)N. The van der Waals surface area contributed by atoms with E-state index in [4.69, 9.17) is 15.9 Å². The molecule has 1 saturated heterocycles. The molecule has 64 valence electrons. The van der Waals surface area contributed by atoms with Crippen molar-refractivity contribution in [2.75, 3.05) is 20.2 Å². The van der Waals surface area contributed by atoms with E-state index in [2.05, 4.69) is 0 Å². The van der Waals surface area contributed by atoms with Crippen LogP contribution in [-0.2, 0) is 4.74 Å². The van der Waals surface area contributed by atoms with Gasteiger partial charge in [-0.2, -0.15) is 0 Å². The number of nitrogens with one attached hydrogen (secondary N) is 1. The Morgan fingerprint density at radius 1 is 1.82 bits per heavy atom. The van der Waals surface area contributed by atoms with E-state index in [-0.39, 0.29) is 12.1 Å². The van der Waals surface area contributed by atoms with Crippen LogP contribution < -0.4 is 5.73 Å². The second-order valence-electron chi connectivity index (χ2n) is 2.90. The van der Waals surface area contributed by atoms with Crippen molar-refractivity contribution >= 4 is 5.96 Å². The molecule has 4 heteroatoms. The zero-order valence-electron chi connectivity index (χ0n) is 6.84. The molecule has 0 aromatic rings. The van der Waals surface area contributed by atoms with Gasteiger partial charge in [0.15, 0.2) is 5.96 Å². The van der Waals surface area contributed by atoms with Crippen LogP contribution in [0.3, 0.4) is 0 Å². The molecule has 1 aliphatic rings. The zero-order valence-corrected chi connectivity index (χ0v) is 6.84. The number of hydrogen-bond donors (Lipinski definition) is 2. The minimum Gasteiger partial charge on any atom is -0.376 e. The fourth-order valence-electron chi connectivity index (χ4n) is 1.19. The monoisotopic (exact) mass is 157 g/mol. The van der Waals surface area contributed by atoms with E-state index in [9.17, 15) is 0 Å². The number of likely N-dealkylation sites (N-methyl/N-ethyl adjacent to an activating group) is 1. The summed E-state index contributed by atoms with van der Waals surface area (Å²) in [5, 5.41) is 7.11. The molecule has 0 aromatic heterocycles. The van der Waals surface area contributed by atoms with Gasteiger partial charge in [0.2, 0.25) is 0 Å². The molecule has 0 unspecified atom stereocenters. The van der Waals surface area contributed by atoms with Crippen molar-refractivity contribution in [2.24, 2.45) is 5.73 Å². The van der Waals surface area contributed by atoms with Gasteiger partial charge in [0.05, 0.1) is 6.10 Å². The van der Waals surface area contributed by atoms with Crippen LogP contribution in [-0.4, -0.2) is 37.2 Å². The van der Waals surface area contributed by atoms with Gasteiger partial charge < -0.3 is 15.4 Å². The Morgan fingerprint density at radius 2 is 2.55 bits per heavy atom. The number of nitrogens with zero attached hydrogens (tertiary/aromatic N) is 1. The highest BCUT2D eigenvalue weighted by atomic mass is 16.5. The largest absolute Gasteiger partial charge is 0.376 e. The van der Waals surface area contributed by atoms with Crippen molar-refractivity contribution in [2.45, 2.75) is 18.9 Å². The minimum atomic E-state index is 0.112. The topological polar surface area (TPSA) is 62.3 Å². The van der Waals surface area contributed by atoms with E-state index in [0.717, 1.165) is 26.0 Å². The van der Waals surface area contributed by atoms with Crippen LogP contribution in [0.1, 0.15) is 12.8 Å². The Hall–Kier alpha value is -0.770. The number of ether oxygens (including phenoxy) is 1. The van der Waals surface area contributed by atoms with Gasteiger partial charge >= 0.3 is 0 Å². The summed E-state index contributed by atoms with van der Waals surface area (Å²) in [5.41, 5.74) is 5.27. The average Bonchev–Trinajstić information content (AvgIpc) is 2.39. The van der Waals surface area contributed by atoms with Crippen molar-refractivity contribution in [3.05, 3.63) is 0 Å². The lowest BCUT2D eigenvalue weighted by Gasteiger charge is -2.20. The molecule has 3 N–H and O–H groups in total. The van der Waals surface area contributed by atoms with E-state index in [0.29, 0.717) is 0 Å². The lowest BCUT2D eigenvalue weighted by molar-refractivity contribution is 0.0955. The molecule has 0 aromatic carbocycles. The van der Waals surface area contributed by atoms with E-state index < -0.39 is 0 Å². The standard InChI is InChI=1S/C7H15N3O/c1-10(7(8)9)5-6-3-2-4-11-6/h6H,2-5H2,1H3,(H3,8,9)/t6-/m1/s1. The molecule has 1 heterocycles. The molecule has 0 bridgehead atoms. The van der Waals surface area contributed by atoms with Gasteiger partial charge in [-0.1, -0.05) is 0 Å². The summed E-state index contributed by atoms with van der Waals surface area (Å²) in [4.78, 5) is 1.70. The third kappa shape index (κ3) is 2.38. The highest BCUT2D eigenvalue weighted by Gasteiger charge is 2.17. The van der Waals surface area contributed by atoms with Gasteiger partial charge in [-0.05, 0) is 12.8 Å². The molecule has 0 amide bonds. The minimum absolute atomic E-state index is 0.112. The van der Waals surface area contributed by atoms with Crippen LogP contribution in [0.25, 0.3) is 0 Å². The number of rotatable bonds is 2. The Morgan fingerprint density at radius 3 is 3.00 bits per heavy atom. The van der Waals surface area contributed by atoms with E-state index in [1.54, 1.807) is 4.90 Å². The summed E-state index contributed by atoms with van der Waals surface area (Å²) in [6, 6.07) is 0. The van der Waals surface area contributed by atoms with Gasteiger partial charge in [-0.15, -0.1) is 0 Å². The zero-order chi connectivity index (χ0) is 8.27. The summed E-state index contributed by atoms with van der Waals surface area (Å²) in [7, 11) is 1.81. The molecule has 1 rings (SSSR count). The molecule has 1 aliphatic heterocycles. The first kappa shape index (κ1) is 8.33. The molecule has 11 heavy (non-hydrogen) atoms. The van der Waals surface area contributed by atoms with Crippen molar-refractivity contribution in [3.63, 3.8) is 0 Å². The maximum absolute atomic E-state index is 7.11. The van der Waals surface area contributed by atoms with Crippen LogP contribution in [0.4, 0.5) is 0 Å². The molecule has 0 radical (unpaired) electrons. The predicted molar refractivity (Wildman–Crippen MR) is 43.5 cm³/mol. The number of nitrogens with two attached hydrogens (primary N) is 1. The molecule has 0 aliphatic carbocycles. The Balaban J connectivity index is 2.23. The molecular weight excluding hydrogens is 142 g/mol. The van der Waals surface area contributed by atoms with Gasteiger partial charge in [-0.25, -0.2) is 0 Å². The third-order valence-corrected chi connectivity index (χ3v) is 1.91. The predicted octanol–water partition coefficient (Wildman–Crippen LogP) is -0.00933. The first-order chi connectivity index (χ1) is 5.20. The average molecular weight is 157 g/mol. The Labute approximate surface area is 66.8 Å². The van der Waals surface area contributed by atoms with Crippen molar-refractivity contribution in [1.82, 2.24) is 4.90 Å². The number of hydrogen-bond acceptors (Lipinski definition) is 2. The first-order valence-electron chi connectivity index (χ1n) is 3.87. The molecule has 1 fully saturated rings. The fraction of sp³-hybridized carbons (Fsp3) is 0.857. The fourth-order valence-corrected chi connectivity index (χ4v) is 1.19. The summed E-state index contributed by atoms with van der Waals surface area (Å²) in [6.45, 7) is 1.60. The van der Waals surface area contributed by atoms with Crippen molar-refractivity contribution in [3.8, 4) is 0 Å². The summed E-state index contributed by atoms with van der Waals surface area (Å²) in [6.07, 6.45) is 2.51.